The SMILES string of the molecule is CCC1(C)NC(=O)CN(c2ccc(OC)c(F)c2)C1=O. The van der Waals surface area contributed by atoms with Gasteiger partial charge in [-0.05, 0) is 25.5 Å². The van der Waals surface area contributed by atoms with Gasteiger partial charge in [0.2, 0.25) is 5.91 Å². The molecular weight excluding hydrogens is 263 g/mol. The van der Waals surface area contributed by atoms with Crippen LogP contribution in [0.2, 0.25) is 0 Å². The van der Waals surface area contributed by atoms with Crippen LogP contribution in [-0.4, -0.2) is 31.0 Å². The quantitative estimate of drug-likeness (QED) is 0.912. The third kappa shape index (κ3) is 2.33. The molecule has 108 valence electrons. The molecule has 1 atom stereocenters. The maximum atomic E-state index is 13.7. The lowest BCUT2D eigenvalue weighted by atomic mass is 9.94. The van der Waals surface area contributed by atoms with Crippen LogP contribution in [0.4, 0.5) is 10.1 Å². The molecular formula is C14H17FN2O3. The molecule has 5 nitrogen and oxygen atoms in total. The molecule has 1 aliphatic rings. The zero-order valence-electron chi connectivity index (χ0n) is 11.7. The van der Waals surface area contributed by atoms with E-state index in [4.69, 9.17) is 4.74 Å². The molecule has 0 aliphatic carbocycles. The van der Waals surface area contributed by atoms with Crippen LogP contribution in [-0.2, 0) is 9.59 Å². The fourth-order valence-corrected chi connectivity index (χ4v) is 2.19. The van der Waals surface area contributed by atoms with E-state index in [1.54, 1.807) is 13.0 Å². The van der Waals surface area contributed by atoms with Crippen LogP contribution in [0.15, 0.2) is 18.2 Å². The molecule has 1 aromatic carbocycles. The van der Waals surface area contributed by atoms with Gasteiger partial charge in [-0.3, -0.25) is 9.59 Å². The first-order valence-electron chi connectivity index (χ1n) is 6.38. The Bertz CT molecular complexity index is 561. The fraction of sp³-hybridized carbons (Fsp3) is 0.429. The monoisotopic (exact) mass is 280 g/mol. The molecule has 1 aromatic rings. The van der Waals surface area contributed by atoms with Gasteiger partial charge in [-0.15, -0.1) is 0 Å². The second-order valence-electron chi connectivity index (χ2n) is 4.94. The van der Waals surface area contributed by atoms with Gasteiger partial charge < -0.3 is 15.0 Å². The fourth-order valence-electron chi connectivity index (χ4n) is 2.19. The Morgan fingerprint density at radius 1 is 1.45 bits per heavy atom. The topological polar surface area (TPSA) is 58.6 Å². The van der Waals surface area contributed by atoms with Crippen molar-refractivity contribution < 1.29 is 18.7 Å². The minimum Gasteiger partial charge on any atom is -0.494 e. The van der Waals surface area contributed by atoms with E-state index < -0.39 is 11.4 Å². The van der Waals surface area contributed by atoms with Crippen molar-refractivity contribution in [3.8, 4) is 5.75 Å². The average molecular weight is 280 g/mol. The summed E-state index contributed by atoms with van der Waals surface area (Å²) in [4.78, 5) is 25.5. The van der Waals surface area contributed by atoms with Gasteiger partial charge in [-0.2, -0.15) is 0 Å². The highest BCUT2D eigenvalue weighted by molar-refractivity contribution is 6.08. The summed E-state index contributed by atoms with van der Waals surface area (Å²) in [6, 6.07) is 4.20. The predicted molar refractivity (Wildman–Crippen MR) is 72.1 cm³/mol. The second-order valence-corrected chi connectivity index (χ2v) is 4.94. The Kier molecular flexibility index (Phi) is 3.65. The first-order chi connectivity index (χ1) is 9.41. The second kappa shape index (κ2) is 5.11. The van der Waals surface area contributed by atoms with Gasteiger partial charge in [0.1, 0.15) is 12.1 Å². The third-order valence-corrected chi connectivity index (χ3v) is 3.59. The van der Waals surface area contributed by atoms with Crippen LogP contribution < -0.4 is 15.0 Å². The number of methoxy groups -OCH3 is 1. The lowest BCUT2D eigenvalue weighted by Crippen LogP contribution is -2.65. The molecule has 2 amide bonds. The van der Waals surface area contributed by atoms with E-state index in [1.165, 1.54) is 24.1 Å². The number of hydrogen-bond donors (Lipinski definition) is 1. The number of ether oxygens (including phenoxy) is 1. The van der Waals surface area contributed by atoms with Gasteiger partial charge in [-0.1, -0.05) is 6.92 Å². The number of benzene rings is 1. The molecule has 0 saturated carbocycles. The molecule has 1 unspecified atom stereocenters. The Morgan fingerprint density at radius 3 is 2.70 bits per heavy atom. The van der Waals surface area contributed by atoms with Crippen LogP contribution in [0.5, 0.6) is 5.75 Å². The summed E-state index contributed by atoms with van der Waals surface area (Å²) in [5.74, 6) is -0.975. The van der Waals surface area contributed by atoms with Gasteiger partial charge in [0.05, 0.1) is 7.11 Å². The summed E-state index contributed by atoms with van der Waals surface area (Å²) in [5, 5.41) is 2.68. The van der Waals surface area contributed by atoms with Crippen LogP contribution in [0.3, 0.4) is 0 Å². The summed E-state index contributed by atoms with van der Waals surface area (Å²) in [7, 11) is 1.37. The molecule has 0 radical (unpaired) electrons. The summed E-state index contributed by atoms with van der Waals surface area (Å²) >= 11 is 0. The van der Waals surface area contributed by atoms with Crippen molar-refractivity contribution >= 4 is 17.5 Å². The van der Waals surface area contributed by atoms with E-state index in [2.05, 4.69) is 5.32 Å². The van der Waals surface area contributed by atoms with E-state index in [1.807, 2.05) is 6.92 Å². The molecule has 1 fully saturated rings. The van der Waals surface area contributed by atoms with Crippen molar-refractivity contribution in [2.45, 2.75) is 25.8 Å². The molecule has 0 bridgehead atoms. The van der Waals surface area contributed by atoms with Crippen LogP contribution in [0, 0.1) is 5.82 Å². The summed E-state index contributed by atoms with van der Waals surface area (Å²) < 4.78 is 18.6. The molecule has 1 N–H and O–H groups in total. The smallest absolute Gasteiger partial charge is 0.252 e. The van der Waals surface area contributed by atoms with E-state index in [9.17, 15) is 14.0 Å². The molecule has 0 aromatic heterocycles. The molecule has 0 spiro atoms. The van der Waals surface area contributed by atoms with Crippen molar-refractivity contribution in [1.82, 2.24) is 5.32 Å². The molecule has 1 heterocycles. The van der Waals surface area contributed by atoms with Crippen LogP contribution >= 0.6 is 0 Å². The van der Waals surface area contributed by atoms with E-state index in [0.29, 0.717) is 12.1 Å². The number of nitrogens with one attached hydrogen (secondary N) is 1. The first-order valence-corrected chi connectivity index (χ1v) is 6.38. The number of hydrogen-bond acceptors (Lipinski definition) is 3. The van der Waals surface area contributed by atoms with Crippen molar-refractivity contribution in [3.63, 3.8) is 0 Å². The van der Waals surface area contributed by atoms with E-state index >= 15 is 0 Å². The number of carbonyl (C=O) groups is 2. The number of carbonyl (C=O) groups excluding carboxylic acids is 2. The van der Waals surface area contributed by atoms with Gasteiger partial charge in [0, 0.05) is 11.8 Å². The minimum atomic E-state index is -0.953. The standard InChI is InChI=1S/C14H17FN2O3/c1-4-14(2)13(19)17(8-12(18)16-14)9-5-6-11(20-3)10(15)7-9/h5-7H,4,8H2,1-3H3,(H,16,18). The van der Waals surface area contributed by atoms with E-state index in [-0.39, 0.29) is 24.1 Å². The van der Waals surface area contributed by atoms with Gasteiger partial charge in [-0.25, -0.2) is 4.39 Å². The number of amides is 2. The normalized spacial score (nSPS) is 22.7. The molecule has 6 heteroatoms. The number of anilines is 1. The molecule has 20 heavy (non-hydrogen) atoms. The zero-order valence-corrected chi connectivity index (χ0v) is 11.7. The Balaban J connectivity index is 2.38. The maximum Gasteiger partial charge on any atom is 0.252 e. The van der Waals surface area contributed by atoms with Crippen molar-refractivity contribution in [2.24, 2.45) is 0 Å². The Hall–Kier alpha value is -2.11. The third-order valence-electron chi connectivity index (χ3n) is 3.59. The highest BCUT2D eigenvalue weighted by Gasteiger charge is 2.42. The zero-order chi connectivity index (χ0) is 14.9. The largest absolute Gasteiger partial charge is 0.494 e. The number of nitrogens with zero attached hydrogens (tertiary/aromatic N) is 1. The number of halogens is 1. The lowest BCUT2D eigenvalue weighted by molar-refractivity contribution is -0.135. The molecule has 1 saturated heterocycles. The average Bonchev–Trinajstić information content (AvgIpc) is 2.42. The highest BCUT2D eigenvalue weighted by atomic mass is 19.1. The maximum absolute atomic E-state index is 13.7. The van der Waals surface area contributed by atoms with Crippen LogP contribution in [0.25, 0.3) is 0 Å². The Morgan fingerprint density at radius 2 is 2.15 bits per heavy atom. The lowest BCUT2D eigenvalue weighted by Gasteiger charge is -2.39. The molecule has 2 rings (SSSR count). The molecule has 1 aliphatic heterocycles. The van der Waals surface area contributed by atoms with Crippen LogP contribution in [0.1, 0.15) is 20.3 Å². The van der Waals surface area contributed by atoms with Gasteiger partial charge in [0.25, 0.3) is 5.91 Å². The minimum absolute atomic E-state index is 0.0981. The predicted octanol–water partition coefficient (Wildman–Crippen LogP) is 1.47. The van der Waals surface area contributed by atoms with Gasteiger partial charge >= 0.3 is 0 Å². The Labute approximate surface area is 116 Å². The van der Waals surface area contributed by atoms with Gasteiger partial charge in [0.15, 0.2) is 11.6 Å². The summed E-state index contributed by atoms with van der Waals surface area (Å²) in [6.45, 7) is 3.37. The van der Waals surface area contributed by atoms with Crippen molar-refractivity contribution in [1.29, 1.82) is 0 Å². The highest BCUT2D eigenvalue weighted by Crippen LogP contribution is 2.27. The number of piperazine rings is 1. The summed E-state index contributed by atoms with van der Waals surface area (Å²) in [5.41, 5.74) is -0.603. The first kappa shape index (κ1) is 14.3. The summed E-state index contributed by atoms with van der Waals surface area (Å²) in [6.07, 6.45) is 0.465. The van der Waals surface area contributed by atoms with Crippen molar-refractivity contribution in [2.75, 3.05) is 18.6 Å². The number of rotatable bonds is 3. The van der Waals surface area contributed by atoms with E-state index in [0.717, 1.165) is 0 Å². The van der Waals surface area contributed by atoms with Crippen molar-refractivity contribution in [3.05, 3.63) is 24.0 Å².